The summed E-state index contributed by atoms with van der Waals surface area (Å²) in [7, 11) is -3.74. The Bertz CT molecular complexity index is 963. The first-order valence-electron chi connectivity index (χ1n) is 8.53. The van der Waals surface area contributed by atoms with Gasteiger partial charge in [0, 0.05) is 29.5 Å². The first-order chi connectivity index (χ1) is 13.4. The number of morpholine rings is 1. The largest absolute Gasteiger partial charge is 0.379 e. The van der Waals surface area contributed by atoms with Crippen LogP contribution in [-0.2, 0) is 19.6 Å². The van der Waals surface area contributed by atoms with Crippen molar-refractivity contribution in [3.05, 3.63) is 52.5 Å². The maximum absolute atomic E-state index is 12.8. The zero-order valence-electron chi connectivity index (χ0n) is 14.8. The number of nitrogens with one attached hydrogen (secondary N) is 2. The summed E-state index contributed by atoms with van der Waals surface area (Å²) < 4.78 is 32.2. The van der Waals surface area contributed by atoms with E-state index in [0.29, 0.717) is 29.6 Å². The van der Waals surface area contributed by atoms with E-state index in [-0.39, 0.29) is 35.5 Å². The smallest absolute Gasteiger partial charge is 0.244 e. The summed E-state index contributed by atoms with van der Waals surface area (Å²) in [5.41, 5.74) is 1.04. The SMILES string of the molecule is O=C(CNc1ccc(Cl)c(S(=O)(=O)N2CCOCC2)c1)Nc1cccc(Cl)c1. The Morgan fingerprint density at radius 3 is 2.54 bits per heavy atom. The molecule has 0 atom stereocenters. The predicted octanol–water partition coefficient (Wildman–Crippen LogP) is 3.06. The molecule has 2 N–H and O–H groups in total. The summed E-state index contributed by atoms with van der Waals surface area (Å²) in [6.45, 7) is 1.19. The average molecular weight is 444 g/mol. The maximum Gasteiger partial charge on any atom is 0.244 e. The summed E-state index contributed by atoms with van der Waals surface area (Å²) in [5.74, 6) is -0.296. The molecule has 1 fully saturated rings. The molecule has 0 aliphatic carbocycles. The average Bonchev–Trinajstić information content (AvgIpc) is 2.68. The van der Waals surface area contributed by atoms with Crippen molar-refractivity contribution in [2.45, 2.75) is 4.90 Å². The number of halogens is 2. The van der Waals surface area contributed by atoms with Gasteiger partial charge in [0.15, 0.2) is 0 Å². The molecular formula is C18H19Cl2N3O4S. The van der Waals surface area contributed by atoms with Crippen LogP contribution in [0.25, 0.3) is 0 Å². The zero-order chi connectivity index (χ0) is 20.1. The molecule has 7 nitrogen and oxygen atoms in total. The minimum atomic E-state index is -3.74. The molecular weight excluding hydrogens is 425 g/mol. The number of carbonyl (C=O) groups excluding carboxylic acids is 1. The van der Waals surface area contributed by atoms with Crippen molar-refractivity contribution < 1.29 is 17.9 Å². The van der Waals surface area contributed by atoms with Crippen LogP contribution in [0.5, 0.6) is 0 Å². The summed E-state index contributed by atoms with van der Waals surface area (Å²) in [6, 6.07) is 11.3. The zero-order valence-corrected chi connectivity index (χ0v) is 17.1. The molecule has 2 aromatic rings. The maximum atomic E-state index is 12.8. The lowest BCUT2D eigenvalue weighted by Gasteiger charge is -2.26. The highest BCUT2D eigenvalue weighted by atomic mass is 35.5. The number of nitrogens with zero attached hydrogens (tertiary/aromatic N) is 1. The topological polar surface area (TPSA) is 87.7 Å². The lowest BCUT2D eigenvalue weighted by atomic mass is 10.3. The third-order valence-corrected chi connectivity index (χ3v) is 6.70. The third-order valence-electron chi connectivity index (χ3n) is 4.08. The minimum absolute atomic E-state index is 0.00341. The number of anilines is 2. The molecule has 0 spiro atoms. The van der Waals surface area contributed by atoms with Gasteiger partial charge in [0.25, 0.3) is 0 Å². The van der Waals surface area contributed by atoms with Crippen molar-refractivity contribution in [2.24, 2.45) is 0 Å². The van der Waals surface area contributed by atoms with Gasteiger partial charge in [0.2, 0.25) is 15.9 Å². The van der Waals surface area contributed by atoms with E-state index in [1.165, 1.54) is 16.4 Å². The fraction of sp³-hybridized carbons (Fsp3) is 0.278. The van der Waals surface area contributed by atoms with Gasteiger partial charge in [0.05, 0.1) is 24.8 Å². The highest BCUT2D eigenvalue weighted by Crippen LogP contribution is 2.28. The Hall–Kier alpha value is -1.84. The van der Waals surface area contributed by atoms with E-state index in [9.17, 15) is 13.2 Å². The van der Waals surface area contributed by atoms with E-state index in [2.05, 4.69) is 10.6 Å². The first kappa shape index (κ1) is 20.9. The molecule has 28 heavy (non-hydrogen) atoms. The van der Waals surface area contributed by atoms with Crippen LogP contribution in [0, 0.1) is 0 Å². The number of ether oxygens (including phenoxy) is 1. The van der Waals surface area contributed by atoms with E-state index in [1.807, 2.05) is 0 Å². The van der Waals surface area contributed by atoms with Gasteiger partial charge in [-0.25, -0.2) is 8.42 Å². The standard InChI is InChI=1S/C18H19Cl2N3O4S/c19-13-2-1-3-15(10-13)22-18(24)12-21-14-4-5-16(20)17(11-14)28(25,26)23-6-8-27-9-7-23/h1-5,10-11,21H,6-9,12H2,(H,22,24). The van der Waals surface area contributed by atoms with Crippen LogP contribution >= 0.6 is 23.2 Å². The van der Waals surface area contributed by atoms with Crippen molar-refractivity contribution in [1.29, 1.82) is 0 Å². The molecule has 1 saturated heterocycles. The van der Waals surface area contributed by atoms with Crippen LogP contribution in [0.4, 0.5) is 11.4 Å². The Kier molecular flexibility index (Phi) is 6.79. The highest BCUT2D eigenvalue weighted by molar-refractivity contribution is 7.89. The monoisotopic (exact) mass is 443 g/mol. The van der Waals surface area contributed by atoms with Crippen molar-refractivity contribution in [2.75, 3.05) is 43.5 Å². The van der Waals surface area contributed by atoms with E-state index in [1.54, 1.807) is 30.3 Å². The molecule has 0 saturated carbocycles. The summed E-state index contributed by atoms with van der Waals surface area (Å²) in [4.78, 5) is 12.1. The molecule has 3 rings (SSSR count). The van der Waals surface area contributed by atoms with Crippen LogP contribution in [0.2, 0.25) is 10.0 Å². The second-order valence-electron chi connectivity index (χ2n) is 6.07. The van der Waals surface area contributed by atoms with Gasteiger partial charge in [-0.15, -0.1) is 0 Å². The number of benzene rings is 2. The lowest BCUT2D eigenvalue weighted by molar-refractivity contribution is -0.114. The number of hydrogen-bond donors (Lipinski definition) is 2. The number of sulfonamides is 1. The molecule has 0 radical (unpaired) electrons. The van der Waals surface area contributed by atoms with Gasteiger partial charge in [-0.2, -0.15) is 4.31 Å². The molecule has 10 heteroatoms. The Balaban J connectivity index is 1.68. The van der Waals surface area contributed by atoms with Crippen molar-refractivity contribution in [1.82, 2.24) is 4.31 Å². The Morgan fingerprint density at radius 2 is 1.82 bits per heavy atom. The van der Waals surface area contributed by atoms with E-state index < -0.39 is 10.0 Å². The third kappa shape index (κ3) is 5.15. The fourth-order valence-electron chi connectivity index (χ4n) is 2.69. The normalized spacial score (nSPS) is 15.2. The Morgan fingerprint density at radius 1 is 1.07 bits per heavy atom. The van der Waals surface area contributed by atoms with E-state index in [0.717, 1.165) is 0 Å². The Labute approximate surface area is 173 Å². The molecule has 0 aromatic heterocycles. The molecule has 1 aliphatic heterocycles. The summed E-state index contributed by atoms with van der Waals surface area (Å²) >= 11 is 12.0. The van der Waals surface area contributed by atoms with Crippen LogP contribution in [0.3, 0.4) is 0 Å². The van der Waals surface area contributed by atoms with Gasteiger partial charge in [-0.05, 0) is 36.4 Å². The van der Waals surface area contributed by atoms with Gasteiger partial charge in [0.1, 0.15) is 4.90 Å². The van der Waals surface area contributed by atoms with Gasteiger partial charge in [-0.1, -0.05) is 29.3 Å². The molecule has 0 unspecified atom stereocenters. The van der Waals surface area contributed by atoms with Crippen molar-refractivity contribution >= 4 is 50.5 Å². The predicted molar refractivity (Wildman–Crippen MR) is 110 cm³/mol. The van der Waals surface area contributed by atoms with Crippen molar-refractivity contribution in [3.63, 3.8) is 0 Å². The lowest BCUT2D eigenvalue weighted by Crippen LogP contribution is -2.40. The summed E-state index contributed by atoms with van der Waals surface area (Å²) in [6.07, 6.45) is 0. The van der Waals surface area contributed by atoms with Crippen molar-refractivity contribution in [3.8, 4) is 0 Å². The molecule has 150 valence electrons. The van der Waals surface area contributed by atoms with Crippen LogP contribution in [0.1, 0.15) is 0 Å². The van der Waals surface area contributed by atoms with Gasteiger partial charge < -0.3 is 15.4 Å². The summed E-state index contributed by atoms with van der Waals surface area (Å²) in [5, 5.41) is 6.26. The number of amides is 1. The molecule has 1 amide bonds. The van der Waals surface area contributed by atoms with Crippen LogP contribution in [-0.4, -0.2) is 51.5 Å². The number of carbonyl (C=O) groups is 1. The second kappa shape index (κ2) is 9.11. The van der Waals surface area contributed by atoms with Gasteiger partial charge >= 0.3 is 0 Å². The number of rotatable bonds is 6. The second-order valence-corrected chi connectivity index (χ2v) is 8.82. The highest BCUT2D eigenvalue weighted by Gasteiger charge is 2.28. The molecule has 1 aliphatic rings. The van der Waals surface area contributed by atoms with E-state index >= 15 is 0 Å². The van der Waals surface area contributed by atoms with Gasteiger partial charge in [-0.3, -0.25) is 4.79 Å². The van der Waals surface area contributed by atoms with E-state index in [4.69, 9.17) is 27.9 Å². The fourth-order valence-corrected chi connectivity index (χ4v) is 4.79. The first-order valence-corrected chi connectivity index (χ1v) is 10.7. The molecule has 0 bridgehead atoms. The van der Waals surface area contributed by atoms with Crippen LogP contribution < -0.4 is 10.6 Å². The molecule has 1 heterocycles. The van der Waals surface area contributed by atoms with Crippen LogP contribution in [0.15, 0.2) is 47.4 Å². The number of hydrogen-bond acceptors (Lipinski definition) is 5. The minimum Gasteiger partial charge on any atom is -0.379 e. The quantitative estimate of drug-likeness (QED) is 0.715. The molecule has 2 aromatic carbocycles.